The van der Waals surface area contributed by atoms with E-state index >= 15 is 0 Å². The molecule has 1 aliphatic rings. The van der Waals surface area contributed by atoms with Gasteiger partial charge in [-0.15, -0.1) is 0 Å². The van der Waals surface area contributed by atoms with E-state index in [1.807, 2.05) is 18.2 Å². The summed E-state index contributed by atoms with van der Waals surface area (Å²) in [4.78, 5) is 15.0. The summed E-state index contributed by atoms with van der Waals surface area (Å²) in [6.45, 7) is 2.42. The maximum absolute atomic E-state index is 12.6. The second-order valence-corrected chi connectivity index (χ2v) is 9.54. The fourth-order valence-corrected chi connectivity index (χ4v) is 4.36. The molecule has 6 nitrogen and oxygen atoms in total. The number of amides is 1. The summed E-state index contributed by atoms with van der Waals surface area (Å²) < 4.78 is 25.3. The van der Waals surface area contributed by atoms with Crippen molar-refractivity contribution in [1.82, 2.24) is 10.2 Å². The van der Waals surface area contributed by atoms with Crippen LogP contribution < -0.4 is 10.0 Å². The van der Waals surface area contributed by atoms with Crippen molar-refractivity contribution in [1.29, 1.82) is 0 Å². The molecule has 3 rings (SSSR count). The minimum Gasteiger partial charge on any atom is -0.350 e. The molecule has 0 aliphatic carbocycles. The highest BCUT2D eigenvalue weighted by molar-refractivity contribution is 7.92. The number of halogens is 1. The molecule has 2 aromatic carbocycles. The van der Waals surface area contributed by atoms with Gasteiger partial charge in [-0.25, -0.2) is 8.42 Å². The lowest BCUT2D eigenvalue weighted by atomic mass is 10.0. The van der Waals surface area contributed by atoms with Crippen LogP contribution >= 0.6 is 11.6 Å². The second-order valence-electron chi connectivity index (χ2n) is 7.38. The van der Waals surface area contributed by atoms with Crippen molar-refractivity contribution in [2.75, 3.05) is 24.1 Å². The smallest absolute Gasteiger partial charge is 0.251 e. The number of carbonyl (C=O) groups excluding carboxylic acids is 1. The molecule has 2 aromatic rings. The Labute approximate surface area is 177 Å². The number of hydrogen-bond acceptors (Lipinski definition) is 4. The van der Waals surface area contributed by atoms with Crippen molar-refractivity contribution in [2.24, 2.45) is 0 Å². The van der Waals surface area contributed by atoms with E-state index in [1.54, 1.807) is 6.07 Å². The number of nitrogens with one attached hydrogen (secondary N) is 2. The summed E-state index contributed by atoms with van der Waals surface area (Å²) in [6.07, 6.45) is 4.39. The Kier molecular flexibility index (Phi) is 7.16. The molecule has 29 heavy (non-hydrogen) atoms. The van der Waals surface area contributed by atoms with Gasteiger partial charge in [-0.1, -0.05) is 48.4 Å². The molecule has 1 heterocycles. The second kappa shape index (κ2) is 9.61. The van der Waals surface area contributed by atoms with E-state index in [-0.39, 0.29) is 22.7 Å². The summed E-state index contributed by atoms with van der Waals surface area (Å²) >= 11 is 6.04. The van der Waals surface area contributed by atoms with Gasteiger partial charge in [0.1, 0.15) is 0 Å². The largest absolute Gasteiger partial charge is 0.350 e. The van der Waals surface area contributed by atoms with E-state index in [4.69, 9.17) is 11.6 Å². The van der Waals surface area contributed by atoms with E-state index in [2.05, 4.69) is 27.1 Å². The Morgan fingerprint density at radius 3 is 2.66 bits per heavy atom. The summed E-state index contributed by atoms with van der Waals surface area (Å²) in [5, 5.41) is 3.24. The van der Waals surface area contributed by atoms with Gasteiger partial charge in [0.05, 0.1) is 17.0 Å². The van der Waals surface area contributed by atoms with Gasteiger partial charge in [0.15, 0.2) is 0 Å². The van der Waals surface area contributed by atoms with Gasteiger partial charge < -0.3 is 5.32 Å². The molecule has 1 atom stereocenters. The SMILES string of the molecule is CS(=O)(=O)Nc1cc(C(=O)NC[C@@H]2CCCCN2Cc2ccccc2)ccc1Cl. The first kappa shape index (κ1) is 21.6. The van der Waals surface area contributed by atoms with Gasteiger partial charge in [0, 0.05) is 24.7 Å². The van der Waals surface area contributed by atoms with Crippen molar-refractivity contribution in [2.45, 2.75) is 31.8 Å². The summed E-state index contributed by atoms with van der Waals surface area (Å²) in [5.74, 6) is -0.247. The number of benzene rings is 2. The molecule has 0 spiro atoms. The van der Waals surface area contributed by atoms with Gasteiger partial charge in [-0.05, 0) is 43.1 Å². The van der Waals surface area contributed by atoms with Crippen LogP contribution in [0.2, 0.25) is 5.02 Å². The summed E-state index contributed by atoms with van der Waals surface area (Å²) in [7, 11) is -3.48. The quantitative estimate of drug-likeness (QED) is 0.697. The molecular weight excluding hydrogens is 410 g/mol. The van der Waals surface area contributed by atoms with Crippen LogP contribution in [0.3, 0.4) is 0 Å². The Hall–Kier alpha value is -2.09. The average Bonchev–Trinajstić information content (AvgIpc) is 2.68. The molecule has 8 heteroatoms. The lowest BCUT2D eigenvalue weighted by Crippen LogP contribution is -2.46. The van der Waals surface area contributed by atoms with Crippen LogP contribution in [-0.2, 0) is 16.6 Å². The average molecular weight is 436 g/mol. The summed E-state index contributed by atoms with van der Waals surface area (Å²) in [6, 6.07) is 15.2. The van der Waals surface area contributed by atoms with Crippen LogP contribution in [0.25, 0.3) is 0 Å². The molecule has 0 bridgehead atoms. The number of rotatable bonds is 7. The Morgan fingerprint density at radius 1 is 1.17 bits per heavy atom. The van der Waals surface area contributed by atoms with Crippen LogP contribution in [0, 0.1) is 0 Å². The zero-order valence-electron chi connectivity index (χ0n) is 16.4. The number of nitrogens with zero attached hydrogens (tertiary/aromatic N) is 1. The highest BCUT2D eigenvalue weighted by Gasteiger charge is 2.23. The molecule has 0 saturated carbocycles. The van der Waals surface area contributed by atoms with Crippen molar-refractivity contribution >= 4 is 33.2 Å². The molecule has 0 radical (unpaired) electrons. The molecule has 1 fully saturated rings. The molecule has 1 aliphatic heterocycles. The van der Waals surface area contributed by atoms with Crippen molar-refractivity contribution in [3.05, 3.63) is 64.7 Å². The predicted octanol–water partition coefficient (Wildman–Crippen LogP) is 3.50. The first-order chi connectivity index (χ1) is 13.8. The van der Waals surface area contributed by atoms with Crippen LogP contribution in [0.4, 0.5) is 5.69 Å². The normalized spacial score (nSPS) is 17.7. The Bertz CT molecular complexity index is 951. The van der Waals surface area contributed by atoms with Crippen molar-refractivity contribution in [3.63, 3.8) is 0 Å². The topological polar surface area (TPSA) is 78.5 Å². The van der Waals surface area contributed by atoms with Gasteiger partial charge in [0.25, 0.3) is 5.91 Å². The molecule has 1 saturated heterocycles. The first-order valence-electron chi connectivity index (χ1n) is 9.65. The summed E-state index contributed by atoms with van der Waals surface area (Å²) in [5.41, 5.74) is 1.83. The zero-order valence-corrected chi connectivity index (χ0v) is 18.0. The maximum Gasteiger partial charge on any atom is 0.251 e. The van der Waals surface area contributed by atoms with E-state index in [0.29, 0.717) is 12.1 Å². The number of sulfonamides is 1. The molecule has 156 valence electrons. The van der Waals surface area contributed by atoms with Crippen LogP contribution in [0.15, 0.2) is 48.5 Å². The van der Waals surface area contributed by atoms with E-state index < -0.39 is 10.0 Å². The minimum absolute atomic E-state index is 0.199. The fraction of sp³-hybridized carbons (Fsp3) is 0.381. The molecule has 0 unspecified atom stereocenters. The number of piperidine rings is 1. The standard InChI is InChI=1S/C21H26ClN3O3S/c1-29(27,28)24-20-13-17(10-11-19(20)22)21(26)23-14-18-9-5-6-12-25(18)15-16-7-3-2-4-8-16/h2-4,7-8,10-11,13,18,24H,5-6,9,12,14-15H2,1H3,(H,23,26)/t18-/m0/s1. The lowest BCUT2D eigenvalue weighted by molar-refractivity contribution is 0.0907. The fourth-order valence-electron chi connectivity index (χ4n) is 3.57. The van der Waals surface area contributed by atoms with Gasteiger partial charge in [-0.3, -0.25) is 14.4 Å². The predicted molar refractivity (Wildman–Crippen MR) is 117 cm³/mol. The Morgan fingerprint density at radius 2 is 1.93 bits per heavy atom. The lowest BCUT2D eigenvalue weighted by Gasteiger charge is -2.36. The van der Waals surface area contributed by atoms with Crippen molar-refractivity contribution in [3.8, 4) is 0 Å². The highest BCUT2D eigenvalue weighted by atomic mass is 35.5. The highest BCUT2D eigenvalue weighted by Crippen LogP contribution is 2.24. The third-order valence-electron chi connectivity index (χ3n) is 5.00. The van der Waals surface area contributed by atoms with Gasteiger partial charge in [0.2, 0.25) is 10.0 Å². The monoisotopic (exact) mass is 435 g/mol. The van der Waals surface area contributed by atoms with Crippen molar-refractivity contribution < 1.29 is 13.2 Å². The third-order valence-corrected chi connectivity index (χ3v) is 5.92. The van der Waals surface area contributed by atoms with Crippen LogP contribution in [-0.4, -0.2) is 44.6 Å². The molecule has 2 N–H and O–H groups in total. The van der Waals surface area contributed by atoms with E-state index in [9.17, 15) is 13.2 Å². The van der Waals surface area contributed by atoms with Crippen LogP contribution in [0.5, 0.6) is 0 Å². The van der Waals surface area contributed by atoms with Gasteiger partial charge >= 0.3 is 0 Å². The third kappa shape index (κ3) is 6.45. The number of carbonyl (C=O) groups is 1. The minimum atomic E-state index is -3.48. The van der Waals surface area contributed by atoms with E-state index in [1.165, 1.54) is 17.7 Å². The first-order valence-corrected chi connectivity index (χ1v) is 11.9. The maximum atomic E-state index is 12.6. The number of anilines is 1. The molecule has 0 aromatic heterocycles. The molecular formula is C21H26ClN3O3S. The van der Waals surface area contributed by atoms with E-state index in [0.717, 1.165) is 38.6 Å². The number of likely N-dealkylation sites (tertiary alicyclic amines) is 1. The zero-order chi connectivity index (χ0) is 20.9. The number of hydrogen-bond donors (Lipinski definition) is 2. The van der Waals surface area contributed by atoms with Gasteiger partial charge in [-0.2, -0.15) is 0 Å². The Balaban J connectivity index is 1.63. The van der Waals surface area contributed by atoms with Crippen LogP contribution in [0.1, 0.15) is 35.2 Å². The molecule has 1 amide bonds.